The monoisotopic (exact) mass is 391 g/mol. The quantitative estimate of drug-likeness (QED) is 0.730. The first-order chi connectivity index (χ1) is 13.9. The van der Waals surface area contributed by atoms with Gasteiger partial charge in [0.1, 0.15) is 6.04 Å². The third-order valence-corrected chi connectivity index (χ3v) is 5.15. The summed E-state index contributed by atoms with van der Waals surface area (Å²) >= 11 is 0. The first kappa shape index (κ1) is 18.8. The van der Waals surface area contributed by atoms with E-state index in [-0.39, 0.29) is 17.0 Å². The van der Waals surface area contributed by atoms with E-state index in [1.54, 1.807) is 38.2 Å². The minimum absolute atomic E-state index is 0.217. The second kappa shape index (κ2) is 7.46. The molecule has 1 amide bonds. The Morgan fingerprint density at radius 3 is 2.66 bits per heavy atom. The van der Waals surface area contributed by atoms with Crippen LogP contribution >= 0.6 is 0 Å². The largest absolute Gasteiger partial charge is 0.324 e. The standard InChI is InChI=1S/C21H21N5O3/c1-13(26-20(28)12-14-6-5-9-16(14)24-26)21(29)22-17-8-4-3-7-15(17)18-10-11-19(27)25(2)23-18/h3-4,7-8,10-13H,5-6,9H2,1-2H3,(H,22,29). The number of nitrogens with zero attached hydrogens (tertiary/aromatic N) is 4. The summed E-state index contributed by atoms with van der Waals surface area (Å²) in [5, 5.41) is 11.5. The first-order valence-corrected chi connectivity index (χ1v) is 9.50. The van der Waals surface area contributed by atoms with E-state index in [4.69, 9.17) is 0 Å². The molecule has 2 aromatic heterocycles. The molecule has 0 aliphatic heterocycles. The number of hydrogen-bond donors (Lipinski definition) is 1. The lowest BCUT2D eigenvalue weighted by molar-refractivity contribution is -0.119. The van der Waals surface area contributed by atoms with Gasteiger partial charge in [0.25, 0.3) is 11.1 Å². The normalized spacial score (nSPS) is 13.7. The molecule has 0 spiro atoms. The van der Waals surface area contributed by atoms with Crippen LogP contribution in [-0.2, 0) is 24.7 Å². The van der Waals surface area contributed by atoms with Gasteiger partial charge in [-0.3, -0.25) is 14.4 Å². The summed E-state index contributed by atoms with van der Waals surface area (Å²) in [6.45, 7) is 1.65. The van der Waals surface area contributed by atoms with Crippen LogP contribution in [0.5, 0.6) is 0 Å². The van der Waals surface area contributed by atoms with Crippen LogP contribution < -0.4 is 16.4 Å². The van der Waals surface area contributed by atoms with Gasteiger partial charge >= 0.3 is 0 Å². The molecular formula is C21H21N5O3. The van der Waals surface area contributed by atoms with Gasteiger partial charge in [-0.05, 0) is 43.9 Å². The van der Waals surface area contributed by atoms with Crippen LogP contribution in [0, 0.1) is 0 Å². The smallest absolute Gasteiger partial charge is 0.267 e. The third-order valence-electron chi connectivity index (χ3n) is 5.15. The number of para-hydroxylation sites is 1. The predicted molar refractivity (Wildman–Crippen MR) is 109 cm³/mol. The molecule has 1 atom stereocenters. The van der Waals surface area contributed by atoms with E-state index in [2.05, 4.69) is 15.5 Å². The molecule has 2 heterocycles. The molecule has 0 saturated heterocycles. The fraction of sp³-hybridized carbons (Fsp3) is 0.286. The highest BCUT2D eigenvalue weighted by molar-refractivity contribution is 5.97. The van der Waals surface area contributed by atoms with Gasteiger partial charge in [0.15, 0.2) is 0 Å². The maximum atomic E-state index is 12.9. The van der Waals surface area contributed by atoms with Crippen LogP contribution in [-0.4, -0.2) is 25.5 Å². The summed E-state index contributed by atoms with van der Waals surface area (Å²) in [5.41, 5.74) is 3.15. The molecule has 8 heteroatoms. The van der Waals surface area contributed by atoms with Crippen LogP contribution in [0.2, 0.25) is 0 Å². The average Bonchev–Trinajstić information content (AvgIpc) is 3.16. The molecule has 1 unspecified atom stereocenters. The first-order valence-electron chi connectivity index (χ1n) is 9.50. The predicted octanol–water partition coefficient (Wildman–Crippen LogP) is 1.69. The SMILES string of the molecule is CC(C(=O)Nc1ccccc1-c1ccc(=O)n(C)n1)n1nc2c(cc1=O)CCC2. The Morgan fingerprint density at radius 1 is 1.07 bits per heavy atom. The van der Waals surface area contributed by atoms with Crippen LogP contribution in [0.15, 0.2) is 52.1 Å². The summed E-state index contributed by atoms with van der Waals surface area (Å²) in [5.74, 6) is -0.352. The molecule has 1 aliphatic rings. The van der Waals surface area contributed by atoms with Gasteiger partial charge in [0, 0.05) is 24.7 Å². The molecule has 1 N–H and O–H groups in total. The van der Waals surface area contributed by atoms with Crippen LogP contribution in [0.3, 0.4) is 0 Å². The van der Waals surface area contributed by atoms with E-state index >= 15 is 0 Å². The molecule has 0 bridgehead atoms. The fourth-order valence-corrected chi connectivity index (χ4v) is 3.50. The highest BCUT2D eigenvalue weighted by Crippen LogP contribution is 2.26. The molecule has 1 aromatic carbocycles. The Kier molecular flexibility index (Phi) is 4.84. The zero-order chi connectivity index (χ0) is 20.5. The van der Waals surface area contributed by atoms with Crippen LogP contribution in [0.4, 0.5) is 5.69 Å². The molecule has 0 saturated carbocycles. The number of nitrogens with one attached hydrogen (secondary N) is 1. The van der Waals surface area contributed by atoms with Gasteiger partial charge in [-0.25, -0.2) is 9.36 Å². The molecule has 8 nitrogen and oxygen atoms in total. The number of fused-ring (bicyclic) bond motifs is 1. The second-order valence-electron chi connectivity index (χ2n) is 7.14. The lowest BCUT2D eigenvalue weighted by Crippen LogP contribution is -2.34. The maximum absolute atomic E-state index is 12.9. The molecular weight excluding hydrogens is 370 g/mol. The van der Waals surface area contributed by atoms with Crippen molar-refractivity contribution in [3.8, 4) is 11.3 Å². The molecule has 29 heavy (non-hydrogen) atoms. The van der Waals surface area contributed by atoms with Gasteiger partial charge in [0.05, 0.1) is 17.1 Å². The van der Waals surface area contributed by atoms with Crippen molar-refractivity contribution >= 4 is 11.6 Å². The zero-order valence-corrected chi connectivity index (χ0v) is 16.3. The van der Waals surface area contributed by atoms with Crippen molar-refractivity contribution in [2.24, 2.45) is 7.05 Å². The van der Waals surface area contributed by atoms with Crippen LogP contribution in [0.1, 0.15) is 30.6 Å². The lowest BCUT2D eigenvalue weighted by Gasteiger charge is -2.17. The lowest BCUT2D eigenvalue weighted by atomic mass is 10.1. The number of carbonyl (C=O) groups excluding carboxylic acids is 1. The topological polar surface area (TPSA) is 98.9 Å². The summed E-state index contributed by atoms with van der Waals surface area (Å²) in [6.07, 6.45) is 2.66. The van der Waals surface area contributed by atoms with E-state index in [9.17, 15) is 14.4 Å². The number of aryl methyl sites for hydroxylation is 3. The van der Waals surface area contributed by atoms with Crippen molar-refractivity contribution in [2.75, 3.05) is 5.32 Å². The minimum Gasteiger partial charge on any atom is -0.324 e. The Balaban J connectivity index is 1.63. The van der Waals surface area contributed by atoms with Gasteiger partial charge in [-0.15, -0.1) is 0 Å². The van der Waals surface area contributed by atoms with Crippen molar-refractivity contribution in [3.05, 3.63) is 74.4 Å². The molecule has 0 fully saturated rings. The van der Waals surface area contributed by atoms with E-state index in [0.29, 0.717) is 16.9 Å². The number of carbonyl (C=O) groups is 1. The number of aromatic nitrogens is 4. The molecule has 0 radical (unpaired) electrons. The Labute approximate surface area is 166 Å². The van der Waals surface area contributed by atoms with Crippen molar-refractivity contribution in [1.82, 2.24) is 19.6 Å². The second-order valence-corrected chi connectivity index (χ2v) is 7.14. The highest BCUT2D eigenvalue weighted by Gasteiger charge is 2.22. The van der Waals surface area contributed by atoms with E-state index < -0.39 is 6.04 Å². The van der Waals surface area contributed by atoms with E-state index in [1.807, 2.05) is 12.1 Å². The van der Waals surface area contributed by atoms with Crippen molar-refractivity contribution in [2.45, 2.75) is 32.2 Å². The summed E-state index contributed by atoms with van der Waals surface area (Å²) in [7, 11) is 1.57. The molecule has 4 rings (SSSR count). The number of benzene rings is 1. The van der Waals surface area contributed by atoms with Crippen molar-refractivity contribution in [3.63, 3.8) is 0 Å². The van der Waals surface area contributed by atoms with Crippen molar-refractivity contribution < 1.29 is 4.79 Å². The Bertz CT molecular complexity index is 1210. The molecule has 148 valence electrons. The average molecular weight is 391 g/mol. The third kappa shape index (κ3) is 3.61. The Hall–Kier alpha value is -3.55. The summed E-state index contributed by atoms with van der Waals surface area (Å²) in [6, 6.07) is 11.1. The summed E-state index contributed by atoms with van der Waals surface area (Å²) in [4.78, 5) is 36.9. The van der Waals surface area contributed by atoms with E-state index in [1.165, 1.54) is 15.4 Å². The molecule has 3 aromatic rings. The maximum Gasteiger partial charge on any atom is 0.267 e. The highest BCUT2D eigenvalue weighted by atomic mass is 16.2. The zero-order valence-electron chi connectivity index (χ0n) is 16.3. The van der Waals surface area contributed by atoms with Gasteiger partial charge in [0.2, 0.25) is 5.91 Å². The number of hydrogen-bond acceptors (Lipinski definition) is 5. The van der Waals surface area contributed by atoms with Gasteiger partial charge < -0.3 is 5.32 Å². The van der Waals surface area contributed by atoms with Gasteiger partial charge in [-0.2, -0.15) is 10.2 Å². The fourth-order valence-electron chi connectivity index (χ4n) is 3.50. The number of amides is 1. The minimum atomic E-state index is -0.769. The molecule has 1 aliphatic carbocycles. The number of rotatable bonds is 4. The van der Waals surface area contributed by atoms with Gasteiger partial charge in [-0.1, -0.05) is 18.2 Å². The van der Waals surface area contributed by atoms with Crippen LogP contribution in [0.25, 0.3) is 11.3 Å². The van der Waals surface area contributed by atoms with E-state index in [0.717, 1.165) is 30.5 Å². The van der Waals surface area contributed by atoms with Crippen molar-refractivity contribution in [1.29, 1.82) is 0 Å². The summed E-state index contributed by atoms with van der Waals surface area (Å²) < 4.78 is 2.48. The number of anilines is 1. The Morgan fingerprint density at radius 2 is 1.86 bits per heavy atom.